The zero-order valence-electron chi connectivity index (χ0n) is 17.1. The fourth-order valence-electron chi connectivity index (χ4n) is 1.76. The summed E-state index contributed by atoms with van der Waals surface area (Å²) in [6.45, 7) is -2.21. The van der Waals surface area contributed by atoms with Crippen molar-refractivity contribution in [1.82, 2.24) is 0 Å². The fourth-order valence-corrected chi connectivity index (χ4v) is 3.76. The van der Waals surface area contributed by atoms with Crippen molar-refractivity contribution >= 4 is 20.2 Å². The highest BCUT2D eigenvalue weighted by Crippen LogP contribution is 2.56. The van der Waals surface area contributed by atoms with E-state index in [9.17, 15) is 95.9 Å². The van der Waals surface area contributed by atoms with Gasteiger partial charge in [0.2, 0.25) is 0 Å². The Balaban J connectivity index is 5.77. The van der Waals surface area contributed by atoms with Crippen LogP contribution in [-0.4, -0.2) is 76.1 Å². The first-order valence-electron chi connectivity index (χ1n) is 8.32. The van der Waals surface area contributed by atoms with Crippen LogP contribution in [0.2, 0.25) is 0 Å². The number of halogens is 18. The first kappa shape index (κ1) is 36.6. The van der Waals surface area contributed by atoms with Gasteiger partial charge in [-0.3, -0.25) is 8.37 Å². The minimum atomic E-state index is -7.78. The van der Waals surface area contributed by atoms with Crippen LogP contribution < -0.4 is 0 Å². The lowest BCUT2D eigenvalue weighted by Gasteiger charge is -2.33. The molecular weight excluding hydrogens is 646 g/mol. The molecule has 230 valence electrons. The van der Waals surface area contributed by atoms with Gasteiger partial charge in [0.05, 0.1) is 12.7 Å². The van der Waals surface area contributed by atoms with Crippen LogP contribution in [-0.2, 0) is 28.6 Å². The average Bonchev–Trinajstić information content (AvgIpc) is 2.64. The Morgan fingerprint density at radius 3 is 1.11 bits per heavy atom. The Labute approximate surface area is 198 Å². The van der Waals surface area contributed by atoms with Crippen LogP contribution >= 0.6 is 0 Å². The number of hydrogen-bond acceptors (Lipinski definition) is 6. The molecule has 0 saturated heterocycles. The van der Waals surface area contributed by atoms with Gasteiger partial charge in [-0.05, 0) is 13.3 Å². The standard InChI is InChI=1S/C12H8F18O6S2/c1-4(36-38(33,34)12(29,30)8(19,20)6(15,16)10(24,25)26)2-3-35-37(31,32)11(27,28)7(17,18)5(13,14)9(21,22)23/h4H,2-3H2,1H3. The van der Waals surface area contributed by atoms with E-state index in [1.54, 1.807) is 0 Å². The van der Waals surface area contributed by atoms with Crippen LogP contribution in [0, 0.1) is 0 Å². The third kappa shape index (κ3) is 5.71. The van der Waals surface area contributed by atoms with Crippen molar-refractivity contribution in [2.45, 2.75) is 66.0 Å². The second-order valence-corrected chi connectivity index (χ2v) is 10.0. The number of rotatable bonds is 12. The molecule has 0 rings (SSSR count). The quantitative estimate of drug-likeness (QED) is 0.210. The zero-order chi connectivity index (χ0) is 31.4. The second kappa shape index (κ2) is 9.88. The Hall–Kier alpha value is -1.44. The molecule has 0 radical (unpaired) electrons. The van der Waals surface area contributed by atoms with Crippen LogP contribution in [0.4, 0.5) is 79.0 Å². The summed E-state index contributed by atoms with van der Waals surface area (Å²) < 4.78 is 280. The molecule has 0 amide bonds. The largest absolute Gasteiger partial charge is 0.460 e. The molecule has 0 heterocycles. The predicted octanol–water partition coefficient (Wildman–Crippen LogP) is 5.31. The van der Waals surface area contributed by atoms with Gasteiger partial charge in [-0.25, -0.2) is 0 Å². The Kier molecular flexibility index (Phi) is 9.51. The molecule has 38 heavy (non-hydrogen) atoms. The van der Waals surface area contributed by atoms with Crippen LogP contribution in [0.15, 0.2) is 0 Å². The molecule has 0 aromatic carbocycles. The molecule has 26 heteroatoms. The number of alkyl halides is 18. The maximum atomic E-state index is 13.5. The monoisotopic (exact) mass is 654 g/mol. The van der Waals surface area contributed by atoms with Gasteiger partial charge in [0.25, 0.3) is 0 Å². The molecule has 0 N–H and O–H groups in total. The molecule has 6 nitrogen and oxygen atoms in total. The Bertz CT molecular complexity index is 1060. The molecule has 0 spiro atoms. The highest BCUT2D eigenvalue weighted by Gasteiger charge is 2.87. The summed E-state index contributed by atoms with van der Waals surface area (Å²) in [5, 5.41) is -14.8. The van der Waals surface area contributed by atoms with E-state index in [2.05, 4.69) is 8.37 Å². The van der Waals surface area contributed by atoms with E-state index < -0.39 is 85.9 Å². The first-order valence-corrected chi connectivity index (χ1v) is 11.1. The Morgan fingerprint density at radius 2 is 0.816 bits per heavy atom. The van der Waals surface area contributed by atoms with Crippen molar-refractivity contribution in [2.24, 2.45) is 0 Å². The molecule has 0 aromatic heterocycles. The minimum Gasteiger partial charge on any atom is -0.265 e. The van der Waals surface area contributed by atoms with Gasteiger partial charge in [0.1, 0.15) is 0 Å². The molecule has 1 unspecified atom stereocenters. The van der Waals surface area contributed by atoms with Crippen LogP contribution in [0.25, 0.3) is 0 Å². The SMILES string of the molecule is CC(CCOS(=O)(=O)C(F)(F)C(F)(F)C(F)(F)C(F)(F)F)OS(=O)(=O)C(F)(F)C(F)(F)C(F)(F)C(F)(F)F. The zero-order valence-corrected chi connectivity index (χ0v) is 18.7. The van der Waals surface area contributed by atoms with Crippen molar-refractivity contribution in [3.63, 3.8) is 0 Å². The van der Waals surface area contributed by atoms with E-state index in [4.69, 9.17) is 0 Å². The smallest absolute Gasteiger partial charge is 0.265 e. The van der Waals surface area contributed by atoms with E-state index >= 15 is 0 Å². The van der Waals surface area contributed by atoms with Gasteiger partial charge >= 0.3 is 66.8 Å². The lowest BCUT2D eigenvalue weighted by Crippen LogP contribution is -2.63. The van der Waals surface area contributed by atoms with Gasteiger partial charge in [-0.2, -0.15) is 95.9 Å². The van der Waals surface area contributed by atoms with Gasteiger partial charge < -0.3 is 0 Å². The predicted molar refractivity (Wildman–Crippen MR) is 80.7 cm³/mol. The van der Waals surface area contributed by atoms with E-state index in [-0.39, 0.29) is 6.92 Å². The van der Waals surface area contributed by atoms with Crippen LogP contribution in [0.3, 0.4) is 0 Å². The fraction of sp³-hybridized carbons (Fsp3) is 1.00. The summed E-state index contributed by atoms with van der Waals surface area (Å²) in [5.41, 5.74) is 0. The molecule has 0 saturated carbocycles. The van der Waals surface area contributed by atoms with Gasteiger partial charge in [-0.15, -0.1) is 0 Å². The summed E-state index contributed by atoms with van der Waals surface area (Å²) in [6, 6.07) is 0. The highest BCUT2D eigenvalue weighted by atomic mass is 32.2. The van der Waals surface area contributed by atoms with E-state index in [0.29, 0.717) is 0 Å². The third-order valence-corrected chi connectivity index (χ3v) is 6.74. The lowest BCUT2D eigenvalue weighted by molar-refractivity contribution is -0.382. The molecule has 0 aliphatic rings. The lowest BCUT2D eigenvalue weighted by atomic mass is 10.1. The first-order chi connectivity index (χ1) is 16.1. The molecule has 0 aliphatic heterocycles. The molecule has 1 atom stereocenters. The van der Waals surface area contributed by atoms with Crippen LogP contribution in [0.1, 0.15) is 13.3 Å². The normalized spacial score (nSPS) is 17.0. The summed E-state index contributed by atoms with van der Waals surface area (Å²) in [4.78, 5) is 0. The van der Waals surface area contributed by atoms with Gasteiger partial charge in [0.15, 0.2) is 0 Å². The van der Waals surface area contributed by atoms with Gasteiger partial charge in [-0.1, -0.05) is 0 Å². The summed E-state index contributed by atoms with van der Waals surface area (Å²) in [5.74, 6) is -31.0. The highest BCUT2D eigenvalue weighted by molar-refractivity contribution is 7.88. The van der Waals surface area contributed by atoms with E-state index in [1.807, 2.05) is 0 Å². The van der Waals surface area contributed by atoms with Crippen molar-refractivity contribution in [3.05, 3.63) is 0 Å². The molecule has 0 aromatic rings. The summed E-state index contributed by atoms with van der Waals surface area (Å²) in [7, 11) is -15.1. The van der Waals surface area contributed by atoms with Gasteiger partial charge in [0, 0.05) is 0 Å². The number of hydrogen-bond donors (Lipinski definition) is 0. The molecule has 0 fully saturated rings. The maximum absolute atomic E-state index is 13.5. The van der Waals surface area contributed by atoms with E-state index in [0.717, 1.165) is 0 Å². The average molecular weight is 654 g/mol. The van der Waals surface area contributed by atoms with Crippen molar-refractivity contribution < 1.29 is 104 Å². The van der Waals surface area contributed by atoms with E-state index in [1.165, 1.54) is 0 Å². The maximum Gasteiger partial charge on any atom is 0.460 e. The van der Waals surface area contributed by atoms with Crippen molar-refractivity contribution in [2.75, 3.05) is 6.61 Å². The third-order valence-electron chi connectivity index (χ3n) is 3.91. The second-order valence-electron chi connectivity index (χ2n) is 6.75. The molecule has 0 aliphatic carbocycles. The molecule has 0 bridgehead atoms. The minimum absolute atomic E-state index is 0.0498. The topological polar surface area (TPSA) is 86.7 Å². The van der Waals surface area contributed by atoms with Crippen molar-refractivity contribution in [3.8, 4) is 0 Å². The summed E-state index contributed by atoms with van der Waals surface area (Å²) >= 11 is 0. The molecular formula is C12H8F18O6S2. The van der Waals surface area contributed by atoms with Crippen molar-refractivity contribution in [1.29, 1.82) is 0 Å². The van der Waals surface area contributed by atoms with Crippen LogP contribution in [0.5, 0.6) is 0 Å². The summed E-state index contributed by atoms with van der Waals surface area (Å²) in [6.07, 6.45) is -19.6. The Morgan fingerprint density at radius 1 is 0.526 bits per heavy atom.